The third kappa shape index (κ3) is 1.75. The molecule has 0 saturated carbocycles. The second kappa shape index (κ2) is 4.24. The van der Waals surface area contributed by atoms with Crippen LogP contribution in [0.15, 0.2) is 24.3 Å². The molecule has 1 N–H and O–H groups in total. The summed E-state index contributed by atoms with van der Waals surface area (Å²) in [5.41, 5.74) is 0.882. The molecule has 5 nitrogen and oxygen atoms in total. The van der Waals surface area contributed by atoms with Gasteiger partial charge in [0, 0.05) is 18.2 Å². The van der Waals surface area contributed by atoms with E-state index in [0.717, 1.165) is 25.7 Å². The SMILES string of the molecule is O=[N+]([O-])c1ccccc1N1C2CCC1CC(O)C2. The molecule has 2 fully saturated rings. The van der Waals surface area contributed by atoms with Gasteiger partial charge >= 0.3 is 0 Å². The summed E-state index contributed by atoms with van der Waals surface area (Å²) in [7, 11) is 0. The Morgan fingerprint density at radius 1 is 1.22 bits per heavy atom. The maximum atomic E-state index is 11.1. The fourth-order valence-electron chi connectivity index (χ4n) is 3.38. The van der Waals surface area contributed by atoms with Gasteiger partial charge in [-0.25, -0.2) is 0 Å². The van der Waals surface area contributed by atoms with Crippen LogP contribution in [-0.4, -0.2) is 28.2 Å². The molecule has 1 aromatic carbocycles. The number of hydrogen-bond acceptors (Lipinski definition) is 4. The topological polar surface area (TPSA) is 66.6 Å². The van der Waals surface area contributed by atoms with Crippen LogP contribution in [0, 0.1) is 10.1 Å². The summed E-state index contributed by atoms with van der Waals surface area (Å²) in [6.45, 7) is 0. The number of anilines is 1. The summed E-state index contributed by atoms with van der Waals surface area (Å²) in [6, 6.07) is 7.41. The highest BCUT2D eigenvalue weighted by Crippen LogP contribution is 2.42. The average molecular weight is 248 g/mol. The molecule has 1 aromatic rings. The Kier molecular flexibility index (Phi) is 2.70. The first-order valence-corrected chi connectivity index (χ1v) is 6.36. The molecule has 0 amide bonds. The Bertz CT molecular complexity index is 463. The van der Waals surface area contributed by atoms with E-state index < -0.39 is 0 Å². The maximum absolute atomic E-state index is 11.1. The number of nitro groups is 1. The monoisotopic (exact) mass is 248 g/mol. The van der Waals surface area contributed by atoms with Crippen molar-refractivity contribution in [3.05, 3.63) is 34.4 Å². The zero-order valence-corrected chi connectivity index (χ0v) is 10.0. The number of rotatable bonds is 2. The van der Waals surface area contributed by atoms with Gasteiger partial charge in [-0.3, -0.25) is 10.1 Å². The van der Waals surface area contributed by atoms with E-state index in [4.69, 9.17) is 0 Å². The molecule has 2 saturated heterocycles. The van der Waals surface area contributed by atoms with Gasteiger partial charge in [-0.1, -0.05) is 12.1 Å². The number of nitro benzene ring substituents is 1. The molecule has 0 aliphatic carbocycles. The highest BCUT2D eigenvalue weighted by Gasteiger charge is 2.42. The number of aliphatic hydroxyl groups excluding tert-OH is 1. The Labute approximate surface area is 105 Å². The van der Waals surface area contributed by atoms with Crippen LogP contribution in [0.5, 0.6) is 0 Å². The van der Waals surface area contributed by atoms with Crippen molar-refractivity contribution >= 4 is 11.4 Å². The molecule has 5 heteroatoms. The van der Waals surface area contributed by atoms with E-state index in [9.17, 15) is 15.2 Å². The van der Waals surface area contributed by atoms with E-state index in [1.165, 1.54) is 0 Å². The molecule has 3 rings (SSSR count). The largest absolute Gasteiger partial charge is 0.393 e. The molecule has 2 atom stereocenters. The summed E-state index contributed by atoms with van der Waals surface area (Å²) in [5.74, 6) is 0. The lowest BCUT2D eigenvalue weighted by molar-refractivity contribution is -0.384. The van der Waals surface area contributed by atoms with Crippen molar-refractivity contribution in [3.63, 3.8) is 0 Å². The fraction of sp³-hybridized carbons (Fsp3) is 0.538. The lowest BCUT2D eigenvalue weighted by Crippen LogP contribution is -2.45. The van der Waals surface area contributed by atoms with E-state index >= 15 is 0 Å². The van der Waals surface area contributed by atoms with Crippen molar-refractivity contribution in [2.24, 2.45) is 0 Å². The van der Waals surface area contributed by atoms with Gasteiger partial charge in [0.25, 0.3) is 5.69 Å². The van der Waals surface area contributed by atoms with Gasteiger partial charge < -0.3 is 10.0 Å². The number of aliphatic hydroxyl groups is 1. The van der Waals surface area contributed by atoms with Crippen molar-refractivity contribution < 1.29 is 10.0 Å². The zero-order valence-electron chi connectivity index (χ0n) is 10.0. The van der Waals surface area contributed by atoms with Gasteiger partial charge in [0.1, 0.15) is 5.69 Å². The Hall–Kier alpha value is -1.62. The number of benzene rings is 1. The Balaban J connectivity index is 1.99. The predicted octanol–water partition coefficient (Wildman–Crippen LogP) is 2.09. The van der Waals surface area contributed by atoms with Crippen molar-refractivity contribution in [2.45, 2.75) is 43.9 Å². The normalized spacial score (nSPS) is 30.5. The lowest BCUT2D eigenvalue weighted by atomic mass is 9.98. The lowest BCUT2D eigenvalue weighted by Gasteiger charge is -2.38. The molecule has 2 unspecified atom stereocenters. The molecular weight excluding hydrogens is 232 g/mol. The molecule has 18 heavy (non-hydrogen) atoms. The van der Waals surface area contributed by atoms with Crippen LogP contribution in [0.25, 0.3) is 0 Å². The number of para-hydroxylation sites is 2. The average Bonchev–Trinajstić information content (AvgIpc) is 2.61. The van der Waals surface area contributed by atoms with Crippen LogP contribution >= 0.6 is 0 Å². The van der Waals surface area contributed by atoms with Gasteiger partial charge in [0.2, 0.25) is 0 Å². The van der Waals surface area contributed by atoms with Crippen LogP contribution in [0.3, 0.4) is 0 Å². The van der Waals surface area contributed by atoms with Gasteiger partial charge in [0.15, 0.2) is 0 Å². The van der Waals surface area contributed by atoms with Gasteiger partial charge in [0.05, 0.1) is 11.0 Å². The highest BCUT2D eigenvalue weighted by atomic mass is 16.6. The van der Waals surface area contributed by atoms with Crippen LogP contribution in [0.4, 0.5) is 11.4 Å². The standard InChI is InChI=1S/C13H16N2O3/c16-11-7-9-5-6-10(8-11)14(9)12-3-1-2-4-13(12)15(17)18/h1-4,9-11,16H,5-8H2. The van der Waals surface area contributed by atoms with Crippen molar-refractivity contribution in [2.75, 3.05) is 4.90 Å². The second-order valence-electron chi connectivity index (χ2n) is 5.16. The molecule has 0 radical (unpaired) electrons. The van der Waals surface area contributed by atoms with Crippen LogP contribution in [0.2, 0.25) is 0 Å². The van der Waals surface area contributed by atoms with Crippen LogP contribution in [0.1, 0.15) is 25.7 Å². The first-order valence-electron chi connectivity index (χ1n) is 6.36. The molecule has 2 bridgehead atoms. The Morgan fingerprint density at radius 3 is 2.44 bits per heavy atom. The molecule has 2 aliphatic heterocycles. The van der Waals surface area contributed by atoms with E-state index in [2.05, 4.69) is 4.90 Å². The zero-order chi connectivity index (χ0) is 12.7. The number of nitrogens with zero attached hydrogens (tertiary/aromatic N) is 2. The van der Waals surface area contributed by atoms with Crippen molar-refractivity contribution in [1.82, 2.24) is 0 Å². The molecule has 0 aromatic heterocycles. The second-order valence-corrected chi connectivity index (χ2v) is 5.16. The number of piperidine rings is 1. The molecule has 0 spiro atoms. The van der Waals surface area contributed by atoms with Crippen LogP contribution < -0.4 is 4.90 Å². The molecule has 2 aliphatic rings. The number of hydrogen-bond donors (Lipinski definition) is 1. The summed E-state index contributed by atoms with van der Waals surface area (Å²) in [6.07, 6.45) is 3.24. The summed E-state index contributed by atoms with van der Waals surface area (Å²) >= 11 is 0. The highest BCUT2D eigenvalue weighted by molar-refractivity contribution is 5.65. The first-order chi connectivity index (χ1) is 8.66. The van der Waals surface area contributed by atoms with Crippen molar-refractivity contribution in [1.29, 1.82) is 0 Å². The molecule has 96 valence electrons. The first kappa shape index (κ1) is 11.5. The minimum Gasteiger partial charge on any atom is -0.393 e. The molecule has 2 heterocycles. The summed E-state index contributed by atoms with van der Waals surface area (Å²) in [4.78, 5) is 12.9. The van der Waals surface area contributed by atoms with Gasteiger partial charge in [-0.15, -0.1) is 0 Å². The Morgan fingerprint density at radius 2 is 1.83 bits per heavy atom. The van der Waals surface area contributed by atoms with Gasteiger partial charge in [-0.2, -0.15) is 0 Å². The summed E-state index contributed by atoms with van der Waals surface area (Å²) < 4.78 is 0. The molecular formula is C13H16N2O3. The fourth-order valence-corrected chi connectivity index (χ4v) is 3.38. The minimum absolute atomic E-state index is 0.172. The van der Waals surface area contributed by atoms with E-state index in [0.29, 0.717) is 5.69 Å². The van der Waals surface area contributed by atoms with Crippen LogP contribution in [-0.2, 0) is 0 Å². The van der Waals surface area contributed by atoms with E-state index in [1.807, 2.05) is 12.1 Å². The minimum atomic E-state index is -0.320. The quantitative estimate of drug-likeness (QED) is 0.642. The summed E-state index contributed by atoms with van der Waals surface area (Å²) in [5, 5.41) is 20.9. The third-order valence-corrected chi connectivity index (χ3v) is 4.06. The van der Waals surface area contributed by atoms with Gasteiger partial charge in [-0.05, 0) is 31.7 Å². The number of fused-ring (bicyclic) bond motifs is 2. The smallest absolute Gasteiger partial charge is 0.292 e. The maximum Gasteiger partial charge on any atom is 0.292 e. The predicted molar refractivity (Wildman–Crippen MR) is 67.6 cm³/mol. The third-order valence-electron chi connectivity index (χ3n) is 4.06. The van der Waals surface area contributed by atoms with E-state index in [-0.39, 0.29) is 28.8 Å². The van der Waals surface area contributed by atoms with E-state index in [1.54, 1.807) is 12.1 Å². The van der Waals surface area contributed by atoms with Crippen molar-refractivity contribution in [3.8, 4) is 0 Å².